The van der Waals surface area contributed by atoms with E-state index in [2.05, 4.69) is 51.4 Å². The van der Waals surface area contributed by atoms with Gasteiger partial charge in [-0.1, -0.05) is 40.2 Å². The predicted octanol–water partition coefficient (Wildman–Crippen LogP) is 4.00. The van der Waals surface area contributed by atoms with Crippen LogP contribution in [0.5, 0.6) is 5.75 Å². The minimum atomic E-state index is 0.879. The van der Waals surface area contributed by atoms with Gasteiger partial charge in [0, 0.05) is 35.4 Å². The van der Waals surface area contributed by atoms with Gasteiger partial charge < -0.3 is 15.0 Å². The highest BCUT2D eigenvalue weighted by Gasteiger charge is 2.05. The summed E-state index contributed by atoms with van der Waals surface area (Å²) in [6.07, 6.45) is 0. The molecule has 21 heavy (non-hydrogen) atoms. The fourth-order valence-electron chi connectivity index (χ4n) is 2.19. The number of hydrogen-bond acceptors (Lipinski definition) is 3. The van der Waals surface area contributed by atoms with Crippen molar-refractivity contribution in [3.63, 3.8) is 0 Å². The van der Waals surface area contributed by atoms with E-state index in [0.717, 1.165) is 35.5 Å². The second-order valence-corrected chi connectivity index (χ2v) is 5.90. The fraction of sp³-hybridized carbons (Fsp3) is 0.294. The molecule has 0 aliphatic rings. The Balaban J connectivity index is 1.81. The average molecular weight is 349 g/mol. The van der Waals surface area contributed by atoms with Crippen LogP contribution in [0.25, 0.3) is 0 Å². The lowest BCUT2D eigenvalue weighted by atomic mass is 10.2. The molecule has 0 atom stereocenters. The highest BCUT2D eigenvalue weighted by Crippen LogP contribution is 2.19. The van der Waals surface area contributed by atoms with E-state index in [1.807, 2.05) is 30.3 Å². The molecule has 0 radical (unpaired) electrons. The van der Waals surface area contributed by atoms with Gasteiger partial charge in [0.05, 0.1) is 7.11 Å². The summed E-state index contributed by atoms with van der Waals surface area (Å²) in [6, 6.07) is 16.4. The first-order valence-electron chi connectivity index (χ1n) is 6.99. The summed E-state index contributed by atoms with van der Waals surface area (Å²) in [5.41, 5.74) is 2.35. The zero-order valence-electron chi connectivity index (χ0n) is 12.5. The van der Waals surface area contributed by atoms with Gasteiger partial charge >= 0.3 is 0 Å². The summed E-state index contributed by atoms with van der Waals surface area (Å²) in [6.45, 7) is 2.75. The van der Waals surface area contributed by atoms with E-state index in [1.54, 1.807) is 7.11 Å². The summed E-state index contributed by atoms with van der Waals surface area (Å²) in [7, 11) is 3.84. The summed E-state index contributed by atoms with van der Waals surface area (Å²) < 4.78 is 6.48. The van der Waals surface area contributed by atoms with Crippen molar-refractivity contribution in [3.05, 3.63) is 58.6 Å². The Kier molecular flexibility index (Phi) is 6.08. The third-order valence-electron chi connectivity index (χ3n) is 3.28. The van der Waals surface area contributed by atoms with Gasteiger partial charge in [0.1, 0.15) is 5.75 Å². The molecule has 4 heteroatoms. The van der Waals surface area contributed by atoms with Crippen molar-refractivity contribution in [2.45, 2.75) is 6.54 Å². The Morgan fingerprint density at radius 3 is 2.71 bits per heavy atom. The average Bonchev–Trinajstić information content (AvgIpc) is 2.48. The fourth-order valence-corrected chi connectivity index (χ4v) is 2.59. The second-order valence-electron chi connectivity index (χ2n) is 4.99. The van der Waals surface area contributed by atoms with E-state index in [9.17, 15) is 0 Å². The molecule has 2 rings (SSSR count). The molecule has 0 amide bonds. The molecule has 112 valence electrons. The molecule has 2 aromatic carbocycles. The van der Waals surface area contributed by atoms with Crippen molar-refractivity contribution in [2.24, 2.45) is 0 Å². The Labute approximate surface area is 135 Å². The molecular formula is C17H21BrN2O. The van der Waals surface area contributed by atoms with Crippen molar-refractivity contribution in [1.82, 2.24) is 4.90 Å². The molecule has 2 aromatic rings. The first kappa shape index (κ1) is 15.9. The molecule has 3 nitrogen and oxygen atoms in total. The first-order valence-corrected chi connectivity index (χ1v) is 7.78. The smallest absolute Gasteiger partial charge is 0.123 e. The quantitative estimate of drug-likeness (QED) is 0.818. The Morgan fingerprint density at radius 2 is 1.95 bits per heavy atom. The number of hydrogen-bond donors (Lipinski definition) is 1. The van der Waals surface area contributed by atoms with E-state index < -0.39 is 0 Å². The van der Waals surface area contributed by atoms with Crippen molar-refractivity contribution < 1.29 is 4.74 Å². The molecule has 0 aromatic heterocycles. The first-order chi connectivity index (χ1) is 10.2. The van der Waals surface area contributed by atoms with Gasteiger partial charge in [-0.25, -0.2) is 0 Å². The largest absolute Gasteiger partial charge is 0.496 e. The number of rotatable bonds is 7. The maximum absolute atomic E-state index is 5.39. The van der Waals surface area contributed by atoms with Gasteiger partial charge in [-0.05, 0) is 31.3 Å². The van der Waals surface area contributed by atoms with Crippen molar-refractivity contribution in [1.29, 1.82) is 0 Å². The number of methoxy groups -OCH3 is 1. The number of nitrogens with zero attached hydrogens (tertiary/aromatic N) is 1. The number of para-hydroxylation sites is 1. The Hall–Kier alpha value is -1.52. The number of ether oxygens (including phenoxy) is 1. The number of halogens is 1. The summed E-state index contributed by atoms with van der Waals surface area (Å²) in [4.78, 5) is 2.28. The van der Waals surface area contributed by atoms with Crippen LogP contribution in [0.2, 0.25) is 0 Å². The van der Waals surface area contributed by atoms with Crippen molar-refractivity contribution in [2.75, 3.05) is 32.6 Å². The number of likely N-dealkylation sites (N-methyl/N-ethyl adjacent to an activating group) is 1. The maximum atomic E-state index is 5.39. The summed E-state index contributed by atoms with van der Waals surface area (Å²) >= 11 is 3.48. The van der Waals surface area contributed by atoms with Crippen LogP contribution in [-0.2, 0) is 6.54 Å². The summed E-state index contributed by atoms with van der Waals surface area (Å²) in [5.74, 6) is 0.948. The van der Waals surface area contributed by atoms with Crippen molar-refractivity contribution in [3.8, 4) is 5.75 Å². The molecule has 0 heterocycles. The van der Waals surface area contributed by atoms with E-state index in [1.165, 1.54) is 5.56 Å². The standard InChI is InChI=1S/C17H21BrN2O/c1-20(13-14-6-3-4-9-17(14)21-2)11-10-19-16-8-5-7-15(18)12-16/h3-9,12,19H,10-11,13H2,1-2H3. The van der Waals surface area contributed by atoms with Crippen LogP contribution in [0.1, 0.15) is 5.56 Å². The highest BCUT2D eigenvalue weighted by molar-refractivity contribution is 9.10. The van der Waals surface area contributed by atoms with Gasteiger partial charge in [-0.3, -0.25) is 0 Å². The number of anilines is 1. The molecule has 0 spiro atoms. The monoisotopic (exact) mass is 348 g/mol. The van der Waals surface area contributed by atoms with Crippen LogP contribution in [0.4, 0.5) is 5.69 Å². The minimum Gasteiger partial charge on any atom is -0.496 e. The van der Waals surface area contributed by atoms with Crippen LogP contribution in [0, 0.1) is 0 Å². The SMILES string of the molecule is COc1ccccc1CN(C)CCNc1cccc(Br)c1. The van der Waals surface area contributed by atoms with Crippen LogP contribution in [0.15, 0.2) is 53.0 Å². The van der Waals surface area contributed by atoms with E-state index in [4.69, 9.17) is 4.74 Å². The molecule has 0 aliphatic carbocycles. The van der Waals surface area contributed by atoms with Gasteiger partial charge in [0.15, 0.2) is 0 Å². The van der Waals surface area contributed by atoms with E-state index >= 15 is 0 Å². The normalized spacial score (nSPS) is 10.7. The lowest BCUT2D eigenvalue weighted by Gasteiger charge is -2.19. The third kappa shape index (κ3) is 5.06. The predicted molar refractivity (Wildman–Crippen MR) is 92.0 cm³/mol. The van der Waals surface area contributed by atoms with Gasteiger partial charge in [0.25, 0.3) is 0 Å². The molecule has 1 N–H and O–H groups in total. The lowest BCUT2D eigenvalue weighted by Crippen LogP contribution is -2.25. The van der Waals surface area contributed by atoms with Crippen LogP contribution >= 0.6 is 15.9 Å². The Morgan fingerprint density at radius 1 is 1.14 bits per heavy atom. The number of benzene rings is 2. The second kappa shape index (κ2) is 8.05. The van der Waals surface area contributed by atoms with E-state index in [-0.39, 0.29) is 0 Å². The van der Waals surface area contributed by atoms with E-state index in [0.29, 0.717) is 0 Å². The van der Waals surface area contributed by atoms with Gasteiger partial charge in [-0.2, -0.15) is 0 Å². The molecule has 0 unspecified atom stereocenters. The van der Waals surface area contributed by atoms with Crippen LogP contribution in [0.3, 0.4) is 0 Å². The lowest BCUT2D eigenvalue weighted by molar-refractivity contribution is 0.328. The zero-order valence-corrected chi connectivity index (χ0v) is 14.1. The molecule has 0 bridgehead atoms. The summed E-state index contributed by atoms with van der Waals surface area (Å²) in [5, 5.41) is 3.43. The zero-order chi connectivity index (χ0) is 15.1. The van der Waals surface area contributed by atoms with Gasteiger partial charge in [-0.15, -0.1) is 0 Å². The van der Waals surface area contributed by atoms with Crippen LogP contribution in [-0.4, -0.2) is 32.1 Å². The Bertz CT molecular complexity index is 574. The molecular weight excluding hydrogens is 328 g/mol. The highest BCUT2D eigenvalue weighted by atomic mass is 79.9. The topological polar surface area (TPSA) is 24.5 Å². The van der Waals surface area contributed by atoms with Crippen LogP contribution < -0.4 is 10.1 Å². The maximum Gasteiger partial charge on any atom is 0.123 e. The molecule has 0 saturated carbocycles. The van der Waals surface area contributed by atoms with Crippen molar-refractivity contribution >= 4 is 21.6 Å². The molecule has 0 aliphatic heterocycles. The third-order valence-corrected chi connectivity index (χ3v) is 3.77. The molecule has 0 fully saturated rings. The number of nitrogens with one attached hydrogen (secondary N) is 1. The molecule has 0 saturated heterocycles. The van der Waals surface area contributed by atoms with Gasteiger partial charge in [0.2, 0.25) is 0 Å². The minimum absolute atomic E-state index is 0.879.